The largest absolute Gasteiger partial charge is 0.449 e. The van der Waals surface area contributed by atoms with Crippen molar-refractivity contribution in [2.24, 2.45) is 0 Å². The van der Waals surface area contributed by atoms with Crippen LogP contribution in [0.3, 0.4) is 0 Å². The maximum absolute atomic E-state index is 12.8. The summed E-state index contributed by atoms with van der Waals surface area (Å²) in [7, 11) is 0. The quantitative estimate of drug-likeness (QED) is 0.368. The zero-order valence-electron chi connectivity index (χ0n) is 17.7. The summed E-state index contributed by atoms with van der Waals surface area (Å²) in [5, 5.41) is 3.34. The molecule has 7 heteroatoms. The SMILES string of the molecule is CCC(OC(=O)c1ccc2nc(-c3ccccc3)[nH]c2c1)C(=O)Nc1cccc(Cl)c1C. The smallest absolute Gasteiger partial charge is 0.338 e. The van der Waals surface area contributed by atoms with Crippen LogP contribution in [0.15, 0.2) is 66.7 Å². The van der Waals surface area contributed by atoms with Crippen LogP contribution in [0.25, 0.3) is 22.4 Å². The van der Waals surface area contributed by atoms with E-state index >= 15 is 0 Å². The second-order valence-corrected chi connectivity index (χ2v) is 7.79. The Morgan fingerprint density at radius 3 is 2.62 bits per heavy atom. The highest BCUT2D eigenvalue weighted by molar-refractivity contribution is 6.31. The first-order valence-corrected chi connectivity index (χ1v) is 10.7. The highest BCUT2D eigenvalue weighted by Crippen LogP contribution is 2.24. The Balaban J connectivity index is 1.50. The second kappa shape index (κ2) is 9.24. The number of H-pyrrole nitrogens is 1. The van der Waals surface area contributed by atoms with Gasteiger partial charge in [0.05, 0.1) is 16.6 Å². The average molecular weight is 448 g/mol. The number of esters is 1. The van der Waals surface area contributed by atoms with Gasteiger partial charge in [0.25, 0.3) is 5.91 Å². The molecule has 0 spiro atoms. The van der Waals surface area contributed by atoms with E-state index in [-0.39, 0.29) is 0 Å². The van der Waals surface area contributed by atoms with Gasteiger partial charge in [0, 0.05) is 16.3 Å². The highest BCUT2D eigenvalue weighted by atomic mass is 35.5. The molecule has 0 bridgehead atoms. The van der Waals surface area contributed by atoms with Gasteiger partial charge in [0.15, 0.2) is 6.10 Å². The molecule has 0 saturated heterocycles. The molecular weight excluding hydrogens is 426 g/mol. The van der Waals surface area contributed by atoms with Gasteiger partial charge in [-0.2, -0.15) is 0 Å². The van der Waals surface area contributed by atoms with Crippen LogP contribution in [-0.2, 0) is 9.53 Å². The Morgan fingerprint density at radius 2 is 1.88 bits per heavy atom. The van der Waals surface area contributed by atoms with Crippen LogP contribution >= 0.6 is 11.6 Å². The first-order chi connectivity index (χ1) is 15.5. The lowest BCUT2D eigenvalue weighted by atomic mass is 10.1. The number of halogens is 1. The summed E-state index contributed by atoms with van der Waals surface area (Å²) in [6, 6.07) is 20.1. The molecule has 6 nitrogen and oxygen atoms in total. The van der Waals surface area contributed by atoms with Crippen LogP contribution in [0.5, 0.6) is 0 Å². The third kappa shape index (κ3) is 4.50. The Labute approximate surface area is 190 Å². The van der Waals surface area contributed by atoms with Gasteiger partial charge < -0.3 is 15.0 Å². The summed E-state index contributed by atoms with van der Waals surface area (Å²) in [6.45, 7) is 3.60. The van der Waals surface area contributed by atoms with Crippen molar-refractivity contribution in [2.75, 3.05) is 5.32 Å². The fourth-order valence-electron chi connectivity index (χ4n) is 3.34. The van der Waals surface area contributed by atoms with Crippen LogP contribution in [-0.4, -0.2) is 27.9 Å². The van der Waals surface area contributed by atoms with Crippen molar-refractivity contribution >= 4 is 40.2 Å². The Kier molecular flexibility index (Phi) is 6.23. The van der Waals surface area contributed by atoms with Crippen molar-refractivity contribution in [2.45, 2.75) is 26.4 Å². The molecule has 0 saturated carbocycles. The minimum Gasteiger partial charge on any atom is -0.449 e. The van der Waals surface area contributed by atoms with Gasteiger partial charge in [-0.05, 0) is 49.2 Å². The summed E-state index contributed by atoms with van der Waals surface area (Å²) < 4.78 is 5.51. The molecule has 4 rings (SSSR count). The van der Waals surface area contributed by atoms with E-state index in [1.165, 1.54) is 0 Å². The third-order valence-electron chi connectivity index (χ3n) is 5.20. The molecule has 0 fully saturated rings. The van der Waals surface area contributed by atoms with E-state index in [9.17, 15) is 9.59 Å². The topological polar surface area (TPSA) is 84.1 Å². The van der Waals surface area contributed by atoms with Crippen molar-refractivity contribution in [3.05, 3.63) is 82.9 Å². The molecule has 1 atom stereocenters. The molecule has 1 aromatic heterocycles. The van der Waals surface area contributed by atoms with E-state index in [4.69, 9.17) is 16.3 Å². The monoisotopic (exact) mass is 447 g/mol. The summed E-state index contributed by atoms with van der Waals surface area (Å²) in [5.41, 5.74) is 4.08. The number of nitrogens with zero attached hydrogens (tertiary/aromatic N) is 1. The molecule has 2 N–H and O–H groups in total. The van der Waals surface area contributed by atoms with Gasteiger partial charge in [-0.15, -0.1) is 0 Å². The fraction of sp³-hybridized carbons (Fsp3) is 0.160. The van der Waals surface area contributed by atoms with Crippen LogP contribution < -0.4 is 5.32 Å². The van der Waals surface area contributed by atoms with Crippen LogP contribution in [0, 0.1) is 6.92 Å². The lowest BCUT2D eigenvalue weighted by molar-refractivity contribution is -0.124. The van der Waals surface area contributed by atoms with Crippen molar-refractivity contribution in [3.8, 4) is 11.4 Å². The van der Waals surface area contributed by atoms with Gasteiger partial charge in [-0.25, -0.2) is 9.78 Å². The van der Waals surface area contributed by atoms with Crippen molar-refractivity contribution in [3.63, 3.8) is 0 Å². The summed E-state index contributed by atoms with van der Waals surface area (Å²) in [5.74, 6) is -0.262. The molecular formula is C25H22ClN3O3. The number of amides is 1. The van der Waals surface area contributed by atoms with Gasteiger partial charge >= 0.3 is 5.97 Å². The fourth-order valence-corrected chi connectivity index (χ4v) is 3.52. The van der Waals surface area contributed by atoms with Gasteiger partial charge in [-0.1, -0.05) is 54.9 Å². The van der Waals surface area contributed by atoms with E-state index in [1.54, 1.807) is 43.3 Å². The highest BCUT2D eigenvalue weighted by Gasteiger charge is 2.23. The number of fused-ring (bicyclic) bond motifs is 1. The Hall–Kier alpha value is -3.64. The van der Waals surface area contributed by atoms with Gasteiger partial charge in [-0.3, -0.25) is 4.79 Å². The number of rotatable bonds is 6. The standard InChI is InChI=1S/C25H22ClN3O3/c1-3-22(24(30)29-19-11-7-10-18(26)15(19)2)32-25(31)17-12-13-20-21(14-17)28-23(27-20)16-8-5-4-6-9-16/h4-14,22H,3H2,1-2H3,(H,27,28)(H,29,30). The number of hydrogen-bond acceptors (Lipinski definition) is 4. The minimum atomic E-state index is -0.932. The maximum Gasteiger partial charge on any atom is 0.338 e. The van der Waals surface area contributed by atoms with Crippen molar-refractivity contribution < 1.29 is 14.3 Å². The predicted molar refractivity (Wildman–Crippen MR) is 126 cm³/mol. The Bertz CT molecular complexity index is 1280. The summed E-state index contributed by atoms with van der Waals surface area (Å²) in [4.78, 5) is 33.3. The summed E-state index contributed by atoms with van der Waals surface area (Å²) in [6.07, 6.45) is -0.597. The number of carbonyl (C=O) groups is 2. The third-order valence-corrected chi connectivity index (χ3v) is 5.61. The number of aromatic amines is 1. The van der Waals surface area contributed by atoms with Crippen molar-refractivity contribution in [1.82, 2.24) is 9.97 Å². The molecule has 0 aliphatic heterocycles. The zero-order valence-corrected chi connectivity index (χ0v) is 18.4. The molecule has 0 radical (unpaired) electrons. The number of hydrogen-bond donors (Lipinski definition) is 2. The first-order valence-electron chi connectivity index (χ1n) is 10.3. The van der Waals surface area contributed by atoms with E-state index in [0.717, 1.165) is 16.6 Å². The van der Waals surface area contributed by atoms with Crippen LogP contribution in [0.2, 0.25) is 5.02 Å². The van der Waals surface area contributed by atoms with E-state index in [0.29, 0.717) is 34.0 Å². The van der Waals surface area contributed by atoms with Gasteiger partial charge in [0.1, 0.15) is 5.82 Å². The summed E-state index contributed by atoms with van der Waals surface area (Å²) >= 11 is 6.12. The molecule has 3 aromatic carbocycles. The average Bonchev–Trinajstić information content (AvgIpc) is 3.24. The van der Waals surface area contributed by atoms with E-state index < -0.39 is 18.0 Å². The maximum atomic E-state index is 12.8. The minimum absolute atomic E-state index is 0.335. The molecule has 162 valence electrons. The zero-order chi connectivity index (χ0) is 22.7. The van der Waals surface area contributed by atoms with Crippen LogP contribution in [0.1, 0.15) is 29.3 Å². The number of benzene rings is 3. The molecule has 1 unspecified atom stereocenters. The number of anilines is 1. The first kappa shape index (κ1) is 21.6. The number of carbonyl (C=O) groups excluding carboxylic acids is 2. The molecule has 0 aliphatic rings. The molecule has 4 aromatic rings. The number of aromatic nitrogens is 2. The normalized spacial score (nSPS) is 11.8. The molecule has 1 amide bonds. The second-order valence-electron chi connectivity index (χ2n) is 7.39. The molecule has 0 aliphatic carbocycles. The number of imidazole rings is 1. The van der Waals surface area contributed by atoms with Crippen molar-refractivity contribution in [1.29, 1.82) is 0 Å². The van der Waals surface area contributed by atoms with E-state index in [2.05, 4.69) is 15.3 Å². The van der Waals surface area contributed by atoms with Gasteiger partial charge in [0.2, 0.25) is 0 Å². The molecule has 32 heavy (non-hydrogen) atoms. The van der Waals surface area contributed by atoms with Crippen LogP contribution in [0.4, 0.5) is 5.69 Å². The number of nitrogens with one attached hydrogen (secondary N) is 2. The Morgan fingerprint density at radius 1 is 1.09 bits per heavy atom. The predicted octanol–water partition coefficient (Wildman–Crippen LogP) is 5.77. The molecule has 1 heterocycles. The lowest BCUT2D eigenvalue weighted by Crippen LogP contribution is -2.32. The number of ether oxygens (including phenoxy) is 1. The lowest BCUT2D eigenvalue weighted by Gasteiger charge is -2.17. The van der Waals surface area contributed by atoms with E-state index in [1.807, 2.05) is 37.3 Å².